The van der Waals surface area contributed by atoms with Gasteiger partial charge in [-0.05, 0) is 12.5 Å². The SMILES string of the molecule is Cn1nc(CCC(=O)c2ccccc2)c2ccccc21. The number of aromatic nitrogens is 2. The van der Waals surface area contributed by atoms with Crippen LogP contribution in [0.1, 0.15) is 22.5 Å². The molecule has 0 aliphatic carbocycles. The minimum absolute atomic E-state index is 0.167. The zero-order valence-corrected chi connectivity index (χ0v) is 11.4. The Kier molecular flexibility index (Phi) is 3.33. The zero-order chi connectivity index (χ0) is 13.9. The van der Waals surface area contributed by atoms with Gasteiger partial charge in [-0.1, -0.05) is 48.5 Å². The van der Waals surface area contributed by atoms with Crippen molar-refractivity contribution in [3.8, 4) is 0 Å². The van der Waals surface area contributed by atoms with Crippen molar-refractivity contribution in [1.82, 2.24) is 9.78 Å². The number of carbonyl (C=O) groups is 1. The standard InChI is InChI=1S/C17H16N2O/c1-19-16-10-6-5-9-14(16)15(18-19)11-12-17(20)13-7-3-2-4-8-13/h2-10H,11-12H2,1H3. The van der Waals surface area contributed by atoms with E-state index in [0.29, 0.717) is 12.8 Å². The van der Waals surface area contributed by atoms with Crippen LogP contribution in [0.4, 0.5) is 0 Å². The van der Waals surface area contributed by atoms with Crippen molar-refractivity contribution in [3.05, 3.63) is 65.9 Å². The van der Waals surface area contributed by atoms with E-state index in [4.69, 9.17) is 0 Å². The zero-order valence-electron chi connectivity index (χ0n) is 11.4. The fourth-order valence-electron chi connectivity index (χ4n) is 2.47. The number of para-hydroxylation sites is 1. The van der Waals surface area contributed by atoms with Gasteiger partial charge in [0.05, 0.1) is 11.2 Å². The summed E-state index contributed by atoms with van der Waals surface area (Å²) in [6, 6.07) is 17.5. The predicted octanol–water partition coefficient (Wildman–Crippen LogP) is 3.39. The third-order valence-electron chi connectivity index (χ3n) is 3.52. The number of Topliss-reactive ketones (excluding diaryl/α,β-unsaturated/α-hetero) is 1. The number of nitrogens with zero attached hydrogens (tertiary/aromatic N) is 2. The van der Waals surface area contributed by atoms with Gasteiger partial charge in [0, 0.05) is 24.4 Å². The normalized spacial score (nSPS) is 10.8. The maximum Gasteiger partial charge on any atom is 0.163 e. The van der Waals surface area contributed by atoms with Crippen LogP contribution in [0.5, 0.6) is 0 Å². The number of hydrogen-bond donors (Lipinski definition) is 0. The van der Waals surface area contributed by atoms with Crippen molar-refractivity contribution in [2.45, 2.75) is 12.8 Å². The van der Waals surface area contributed by atoms with E-state index >= 15 is 0 Å². The Morgan fingerprint density at radius 3 is 2.55 bits per heavy atom. The Hall–Kier alpha value is -2.42. The number of carbonyl (C=O) groups excluding carboxylic acids is 1. The van der Waals surface area contributed by atoms with Crippen LogP contribution in [0.15, 0.2) is 54.6 Å². The topological polar surface area (TPSA) is 34.9 Å². The molecule has 0 saturated heterocycles. The van der Waals surface area contributed by atoms with Crippen LogP contribution in [-0.2, 0) is 13.5 Å². The molecule has 0 aliphatic heterocycles. The van der Waals surface area contributed by atoms with E-state index in [1.165, 1.54) is 0 Å². The van der Waals surface area contributed by atoms with Gasteiger partial charge >= 0.3 is 0 Å². The smallest absolute Gasteiger partial charge is 0.163 e. The minimum atomic E-state index is 0.167. The van der Waals surface area contributed by atoms with E-state index in [-0.39, 0.29) is 5.78 Å². The molecular weight excluding hydrogens is 248 g/mol. The lowest BCUT2D eigenvalue weighted by Gasteiger charge is -1.99. The molecule has 3 heteroatoms. The summed E-state index contributed by atoms with van der Waals surface area (Å²) in [6.45, 7) is 0. The second kappa shape index (κ2) is 5.29. The molecule has 100 valence electrons. The Balaban J connectivity index is 1.79. The molecule has 0 atom stereocenters. The van der Waals surface area contributed by atoms with Crippen LogP contribution in [0, 0.1) is 0 Å². The van der Waals surface area contributed by atoms with Crippen molar-refractivity contribution < 1.29 is 4.79 Å². The van der Waals surface area contributed by atoms with Gasteiger partial charge in [-0.3, -0.25) is 9.48 Å². The molecule has 0 fully saturated rings. The fraction of sp³-hybridized carbons (Fsp3) is 0.176. The molecular formula is C17H16N2O. The average molecular weight is 264 g/mol. The number of rotatable bonds is 4. The Morgan fingerprint density at radius 2 is 1.75 bits per heavy atom. The highest BCUT2D eigenvalue weighted by atomic mass is 16.1. The van der Waals surface area contributed by atoms with Crippen LogP contribution in [0.3, 0.4) is 0 Å². The van der Waals surface area contributed by atoms with Crippen molar-refractivity contribution in [3.63, 3.8) is 0 Å². The summed E-state index contributed by atoms with van der Waals surface area (Å²) in [7, 11) is 1.94. The number of hydrogen-bond acceptors (Lipinski definition) is 2. The van der Waals surface area contributed by atoms with Crippen LogP contribution in [0.25, 0.3) is 10.9 Å². The molecule has 0 aliphatic rings. The third-order valence-corrected chi connectivity index (χ3v) is 3.52. The molecule has 0 bridgehead atoms. The Morgan fingerprint density at radius 1 is 1.05 bits per heavy atom. The van der Waals surface area contributed by atoms with E-state index in [9.17, 15) is 4.79 Å². The summed E-state index contributed by atoms with van der Waals surface area (Å²) >= 11 is 0. The second-order valence-electron chi connectivity index (χ2n) is 4.88. The fourth-order valence-corrected chi connectivity index (χ4v) is 2.47. The largest absolute Gasteiger partial charge is 0.294 e. The van der Waals surface area contributed by atoms with E-state index < -0.39 is 0 Å². The summed E-state index contributed by atoms with van der Waals surface area (Å²) in [5.74, 6) is 0.167. The van der Waals surface area contributed by atoms with Crippen LogP contribution < -0.4 is 0 Å². The third kappa shape index (κ3) is 2.35. The molecule has 2 aromatic carbocycles. The van der Waals surface area contributed by atoms with E-state index in [2.05, 4.69) is 11.2 Å². The van der Waals surface area contributed by atoms with Gasteiger partial charge in [0.2, 0.25) is 0 Å². The van der Waals surface area contributed by atoms with E-state index in [1.54, 1.807) is 0 Å². The summed E-state index contributed by atoms with van der Waals surface area (Å²) < 4.78 is 1.87. The first kappa shape index (κ1) is 12.6. The quantitative estimate of drug-likeness (QED) is 0.677. The predicted molar refractivity (Wildman–Crippen MR) is 79.8 cm³/mol. The maximum absolute atomic E-state index is 12.1. The van der Waals surface area contributed by atoms with Gasteiger partial charge in [0.1, 0.15) is 0 Å². The molecule has 1 heterocycles. The summed E-state index contributed by atoms with van der Waals surface area (Å²) in [6.07, 6.45) is 1.17. The number of ketones is 1. The summed E-state index contributed by atoms with van der Waals surface area (Å²) in [4.78, 5) is 12.1. The monoisotopic (exact) mass is 264 g/mol. The molecule has 1 aromatic heterocycles. The molecule has 20 heavy (non-hydrogen) atoms. The number of fused-ring (bicyclic) bond motifs is 1. The highest BCUT2D eigenvalue weighted by Gasteiger charge is 2.11. The van der Waals surface area contributed by atoms with Gasteiger partial charge < -0.3 is 0 Å². The summed E-state index contributed by atoms with van der Waals surface area (Å²) in [5, 5.41) is 5.65. The lowest BCUT2D eigenvalue weighted by molar-refractivity contribution is 0.0982. The molecule has 3 aromatic rings. The van der Waals surface area contributed by atoms with Gasteiger partial charge in [0.25, 0.3) is 0 Å². The first-order chi connectivity index (χ1) is 9.75. The lowest BCUT2D eigenvalue weighted by Crippen LogP contribution is -2.01. The average Bonchev–Trinajstić information content (AvgIpc) is 2.83. The van der Waals surface area contributed by atoms with Crippen molar-refractivity contribution in [2.75, 3.05) is 0 Å². The van der Waals surface area contributed by atoms with Crippen LogP contribution in [-0.4, -0.2) is 15.6 Å². The molecule has 0 amide bonds. The first-order valence-electron chi connectivity index (χ1n) is 6.74. The van der Waals surface area contributed by atoms with Gasteiger partial charge in [-0.2, -0.15) is 5.10 Å². The van der Waals surface area contributed by atoms with E-state index in [1.807, 2.05) is 60.3 Å². The van der Waals surface area contributed by atoms with Crippen molar-refractivity contribution >= 4 is 16.7 Å². The number of aryl methyl sites for hydroxylation is 2. The second-order valence-corrected chi connectivity index (χ2v) is 4.88. The lowest BCUT2D eigenvalue weighted by atomic mass is 10.0. The van der Waals surface area contributed by atoms with Crippen molar-refractivity contribution in [2.24, 2.45) is 7.05 Å². The number of benzene rings is 2. The molecule has 0 radical (unpaired) electrons. The van der Waals surface area contributed by atoms with Crippen LogP contribution in [0.2, 0.25) is 0 Å². The molecule has 3 rings (SSSR count). The van der Waals surface area contributed by atoms with Crippen LogP contribution >= 0.6 is 0 Å². The minimum Gasteiger partial charge on any atom is -0.294 e. The van der Waals surface area contributed by atoms with Gasteiger partial charge in [-0.25, -0.2) is 0 Å². The summed E-state index contributed by atoms with van der Waals surface area (Å²) in [5.41, 5.74) is 2.87. The highest BCUT2D eigenvalue weighted by molar-refractivity contribution is 5.96. The maximum atomic E-state index is 12.1. The van der Waals surface area contributed by atoms with Gasteiger partial charge in [-0.15, -0.1) is 0 Å². The molecule has 0 N–H and O–H groups in total. The molecule has 0 saturated carbocycles. The highest BCUT2D eigenvalue weighted by Crippen LogP contribution is 2.19. The Labute approximate surface area is 117 Å². The Bertz CT molecular complexity index is 744. The molecule has 0 unspecified atom stereocenters. The molecule has 3 nitrogen and oxygen atoms in total. The van der Waals surface area contributed by atoms with Gasteiger partial charge in [0.15, 0.2) is 5.78 Å². The first-order valence-corrected chi connectivity index (χ1v) is 6.74. The van der Waals surface area contributed by atoms with E-state index in [0.717, 1.165) is 22.2 Å². The molecule has 0 spiro atoms. The van der Waals surface area contributed by atoms with Crippen molar-refractivity contribution in [1.29, 1.82) is 0 Å².